The molecule has 4 nitrogen and oxygen atoms in total. The van der Waals surface area contributed by atoms with E-state index in [-0.39, 0.29) is 19.0 Å². The molecule has 8 heteroatoms. The number of alkyl halides is 3. The van der Waals surface area contributed by atoms with Gasteiger partial charge < -0.3 is 10.2 Å². The highest BCUT2D eigenvalue weighted by Gasteiger charge is 2.40. The Hall–Kier alpha value is -1.57. The summed E-state index contributed by atoms with van der Waals surface area (Å²) in [6, 6.07) is 7.06. The van der Waals surface area contributed by atoms with Gasteiger partial charge in [0.25, 0.3) is 0 Å². The summed E-state index contributed by atoms with van der Waals surface area (Å²) >= 11 is 3.34. The van der Waals surface area contributed by atoms with Gasteiger partial charge in [-0.15, -0.1) is 0 Å². The van der Waals surface area contributed by atoms with Crippen molar-refractivity contribution in [1.82, 2.24) is 10.2 Å². The van der Waals surface area contributed by atoms with Gasteiger partial charge in [-0.1, -0.05) is 28.1 Å². The summed E-state index contributed by atoms with van der Waals surface area (Å²) in [6.45, 7) is 0.274. The van der Waals surface area contributed by atoms with E-state index in [9.17, 15) is 22.8 Å². The smallest absolute Gasteiger partial charge is 0.349 e. The molecule has 0 unspecified atom stereocenters. The summed E-state index contributed by atoms with van der Waals surface area (Å²) in [6.07, 6.45) is -4.64. The SMILES string of the molecule is C[C@H](NC(=O)[C@@H]1CC(=O)N(CC(F)(F)F)C1)c1cccc(Br)c1. The number of carbonyl (C=O) groups is 2. The average Bonchev–Trinajstić information content (AvgIpc) is 2.78. The second kappa shape index (κ2) is 6.90. The highest BCUT2D eigenvalue weighted by atomic mass is 79.9. The molecule has 1 aromatic rings. The van der Waals surface area contributed by atoms with E-state index in [0.29, 0.717) is 4.90 Å². The molecule has 0 radical (unpaired) electrons. The van der Waals surface area contributed by atoms with Crippen LogP contribution in [0.15, 0.2) is 28.7 Å². The Morgan fingerprint density at radius 1 is 1.48 bits per heavy atom. The van der Waals surface area contributed by atoms with Gasteiger partial charge in [0.1, 0.15) is 6.54 Å². The maximum absolute atomic E-state index is 12.4. The van der Waals surface area contributed by atoms with Crippen molar-refractivity contribution in [1.29, 1.82) is 0 Å². The van der Waals surface area contributed by atoms with Crippen molar-refractivity contribution >= 4 is 27.7 Å². The van der Waals surface area contributed by atoms with E-state index in [1.54, 1.807) is 6.92 Å². The number of carbonyl (C=O) groups excluding carboxylic acids is 2. The van der Waals surface area contributed by atoms with Crippen LogP contribution in [0.5, 0.6) is 0 Å². The molecule has 23 heavy (non-hydrogen) atoms. The Balaban J connectivity index is 1.95. The quantitative estimate of drug-likeness (QED) is 0.855. The lowest BCUT2D eigenvalue weighted by Crippen LogP contribution is -2.37. The minimum atomic E-state index is -4.45. The highest BCUT2D eigenvalue weighted by Crippen LogP contribution is 2.25. The highest BCUT2D eigenvalue weighted by molar-refractivity contribution is 9.10. The molecule has 1 aliphatic rings. The number of halogens is 4. The Morgan fingerprint density at radius 3 is 2.78 bits per heavy atom. The summed E-state index contributed by atoms with van der Waals surface area (Å²) in [5.74, 6) is -1.80. The van der Waals surface area contributed by atoms with E-state index >= 15 is 0 Å². The van der Waals surface area contributed by atoms with Gasteiger partial charge in [0, 0.05) is 17.4 Å². The maximum Gasteiger partial charge on any atom is 0.406 e. The zero-order valence-corrected chi connectivity index (χ0v) is 13.9. The third kappa shape index (κ3) is 4.95. The molecular weight excluding hydrogens is 377 g/mol. The average molecular weight is 393 g/mol. The van der Waals surface area contributed by atoms with Crippen molar-refractivity contribution in [3.05, 3.63) is 34.3 Å². The number of nitrogens with one attached hydrogen (secondary N) is 1. The molecule has 0 spiro atoms. The molecule has 0 bridgehead atoms. The van der Waals surface area contributed by atoms with Crippen molar-refractivity contribution in [2.75, 3.05) is 13.1 Å². The number of nitrogens with zero attached hydrogens (tertiary/aromatic N) is 1. The first kappa shape index (κ1) is 17.8. The largest absolute Gasteiger partial charge is 0.406 e. The van der Waals surface area contributed by atoms with Crippen LogP contribution >= 0.6 is 15.9 Å². The lowest BCUT2D eigenvalue weighted by Gasteiger charge is -2.19. The molecule has 2 amide bonds. The van der Waals surface area contributed by atoms with Gasteiger partial charge >= 0.3 is 6.18 Å². The molecule has 1 heterocycles. The fourth-order valence-corrected chi connectivity index (χ4v) is 2.92. The molecule has 1 aliphatic heterocycles. The normalized spacial score (nSPS) is 19.8. The predicted octanol–water partition coefficient (Wildman–Crippen LogP) is 3.04. The van der Waals surface area contributed by atoms with Crippen LogP contribution < -0.4 is 5.32 Å². The first-order chi connectivity index (χ1) is 10.7. The predicted molar refractivity (Wildman–Crippen MR) is 81.4 cm³/mol. The molecule has 1 aromatic carbocycles. The zero-order valence-electron chi connectivity index (χ0n) is 12.4. The summed E-state index contributed by atoms with van der Waals surface area (Å²) in [5.41, 5.74) is 0.865. The molecular formula is C15H16BrF3N2O2. The van der Waals surface area contributed by atoms with Crippen LogP contribution in [0, 0.1) is 5.92 Å². The van der Waals surface area contributed by atoms with Gasteiger partial charge in [0.2, 0.25) is 11.8 Å². The standard InChI is InChI=1S/C15H16BrF3N2O2/c1-9(10-3-2-4-12(16)5-10)20-14(23)11-6-13(22)21(7-11)8-15(17,18)19/h2-5,9,11H,6-8H2,1H3,(H,20,23)/t9-,11+/m0/s1. The number of benzene rings is 1. The fourth-order valence-electron chi connectivity index (χ4n) is 2.51. The number of hydrogen-bond acceptors (Lipinski definition) is 2. The zero-order chi connectivity index (χ0) is 17.2. The van der Waals surface area contributed by atoms with Crippen molar-refractivity contribution in [2.24, 2.45) is 5.92 Å². The number of rotatable bonds is 4. The van der Waals surface area contributed by atoms with Crippen LogP contribution in [0.25, 0.3) is 0 Å². The van der Waals surface area contributed by atoms with Gasteiger partial charge in [0.15, 0.2) is 0 Å². The molecule has 1 N–H and O–H groups in total. The van der Waals surface area contributed by atoms with Crippen molar-refractivity contribution in [3.63, 3.8) is 0 Å². The number of likely N-dealkylation sites (tertiary alicyclic amines) is 1. The van der Waals surface area contributed by atoms with E-state index in [2.05, 4.69) is 21.2 Å². The fraction of sp³-hybridized carbons (Fsp3) is 0.467. The molecule has 126 valence electrons. The van der Waals surface area contributed by atoms with Crippen molar-refractivity contribution in [2.45, 2.75) is 25.6 Å². The number of amides is 2. The number of hydrogen-bond donors (Lipinski definition) is 1. The molecule has 2 rings (SSSR count). The molecule has 1 saturated heterocycles. The minimum Gasteiger partial charge on any atom is -0.349 e. The van der Waals surface area contributed by atoms with Crippen LogP contribution in [0.4, 0.5) is 13.2 Å². The lowest BCUT2D eigenvalue weighted by atomic mass is 10.1. The summed E-state index contributed by atoms with van der Waals surface area (Å²) < 4.78 is 38.0. The molecule has 2 atom stereocenters. The Morgan fingerprint density at radius 2 is 2.17 bits per heavy atom. The van der Waals surface area contributed by atoms with Gasteiger partial charge in [-0.25, -0.2) is 0 Å². The van der Waals surface area contributed by atoms with Gasteiger partial charge in [-0.05, 0) is 24.6 Å². The van der Waals surface area contributed by atoms with E-state index in [1.807, 2.05) is 24.3 Å². The van der Waals surface area contributed by atoms with Crippen molar-refractivity contribution < 1.29 is 22.8 Å². The minimum absolute atomic E-state index is 0.187. The summed E-state index contributed by atoms with van der Waals surface area (Å²) in [5, 5.41) is 2.75. The topological polar surface area (TPSA) is 49.4 Å². The van der Waals surface area contributed by atoms with E-state index in [0.717, 1.165) is 10.0 Å². The maximum atomic E-state index is 12.4. The van der Waals surface area contributed by atoms with Crippen LogP contribution in [0.2, 0.25) is 0 Å². The van der Waals surface area contributed by atoms with Crippen LogP contribution in [0.1, 0.15) is 24.9 Å². The van der Waals surface area contributed by atoms with E-state index in [1.165, 1.54) is 0 Å². The first-order valence-corrected chi connectivity index (χ1v) is 7.85. The van der Waals surface area contributed by atoms with Gasteiger partial charge in [-0.2, -0.15) is 13.2 Å². The second-order valence-electron chi connectivity index (χ2n) is 5.58. The van der Waals surface area contributed by atoms with Crippen molar-refractivity contribution in [3.8, 4) is 0 Å². The van der Waals surface area contributed by atoms with E-state index in [4.69, 9.17) is 0 Å². The Bertz CT molecular complexity index is 607. The third-order valence-corrected chi connectivity index (χ3v) is 4.16. The van der Waals surface area contributed by atoms with Crippen LogP contribution in [-0.2, 0) is 9.59 Å². The molecule has 0 saturated carbocycles. The summed E-state index contributed by atoms with van der Waals surface area (Å²) in [4.78, 5) is 24.5. The van der Waals surface area contributed by atoms with Crippen LogP contribution in [0.3, 0.4) is 0 Å². The molecule has 0 aromatic heterocycles. The molecule has 1 fully saturated rings. The Labute approximate surface area is 140 Å². The second-order valence-corrected chi connectivity index (χ2v) is 6.49. The van der Waals surface area contributed by atoms with Gasteiger partial charge in [-0.3, -0.25) is 9.59 Å². The monoisotopic (exact) mass is 392 g/mol. The van der Waals surface area contributed by atoms with Gasteiger partial charge in [0.05, 0.1) is 12.0 Å². The third-order valence-electron chi connectivity index (χ3n) is 3.66. The summed E-state index contributed by atoms with van der Waals surface area (Å²) in [7, 11) is 0. The Kier molecular flexibility index (Phi) is 5.33. The molecule has 0 aliphatic carbocycles. The first-order valence-electron chi connectivity index (χ1n) is 7.06. The van der Waals surface area contributed by atoms with Crippen LogP contribution in [-0.4, -0.2) is 36.0 Å². The van der Waals surface area contributed by atoms with E-state index < -0.39 is 30.5 Å². The lowest BCUT2D eigenvalue weighted by molar-refractivity contribution is -0.157.